The van der Waals surface area contributed by atoms with Crippen molar-refractivity contribution in [2.75, 3.05) is 23.7 Å². The molecule has 2 atom stereocenters. The number of aromatic nitrogens is 5. The van der Waals surface area contributed by atoms with Crippen LogP contribution in [0.1, 0.15) is 97.5 Å². The van der Waals surface area contributed by atoms with Crippen LogP contribution in [0.4, 0.5) is 11.4 Å². The highest BCUT2D eigenvalue weighted by atomic mass is 16.5. The lowest BCUT2D eigenvalue weighted by Crippen LogP contribution is -2.47. The van der Waals surface area contributed by atoms with Crippen LogP contribution in [0.5, 0.6) is 0 Å². The molecule has 1 saturated heterocycles. The number of nitrogens with one attached hydrogen (secondary N) is 6. The van der Waals surface area contributed by atoms with Crippen LogP contribution in [-0.4, -0.2) is 68.0 Å². The molecule has 2 aliphatic carbocycles. The summed E-state index contributed by atoms with van der Waals surface area (Å²) in [5.41, 5.74) is 8.72. The van der Waals surface area contributed by atoms with Gasteiger partial charge in [-0.3, -0.25) is 19.7 Å². The maximum Gasteiger partial charge on any atom is 0.315 e. The summed E-state index contributed by atoms with van der Waals surface area (Å²) in [5, 5.41) is 21.9. The molecule has 9 rings (SSSR count). The van der Waals surface area contributed by atoms with E-state index in [4.69, 9.17) is 9.51 Å². The van der Waals surface area contributed by atoms with E-state index in [1.165, 1.54) is 5.56 Å². The van der Waals surface area contributed by atoms with Crippen molar-refractivity contribution >= 4 is 51.0 Å². The zero-order valence-electron chi connectivity index (χ0n) is 32.2. The second-order valence-corrected chi connectivity index (χ2v) is 16.1. The molecule has 14 heteroatoms. The molecular formula is C43H46N10O4. The molecule has 14 nitrogen and oxygen atoms in total. The predicted octanol–water partition coefficient (Wildman–Crippen LogP) is 6.18. The van der Waals surface area contributed by atoms with Gasteiger partial charge in [0.05, 0.1) is 17.1 Å². The summed E-state index contributed by atoms with van der Waals surface area (Å²) in [6.07, 6.45) is 6.64. The first-order valence-electron chi connectivity index (χ1n) is 19.8. The smallest absolute Gasteiger partial charge is 0.315 e. The molecular weight excluding hydrogens is 721 g/mol. The average molecular weight is 767 g/mol. The highest BCUT2D eigenvalue weighted by molar-refractivity contribution is 6.12. The highest BCUT2D eigenvalue weighted by Crippen LogP contribution is 2.46. The van der Waals surface area contributed by atoms with Crippen LogP contribution in [0.15, 0.2) is 71.5 Å². The Morgan fingerprint density at radius 1 is 1.00 bits per heavy atom. The van der Waals surface area contributed by atoms with E-state index in [0.29, 0.717) is 30.6 Å². The number of hydrogen-bond donors (Lipinski definition) is 6. The Labute approximate surface area is 329 Å². The molecule has 0 radical (unpaired) electrons. The van der Waals surface area contributed by atoms with Crippen molar-refractivity contribution < 1.29 is 18.9 Å². The van der Waals surface area contributed by atoms with E-state index in [1.54, 1.807) is 6.33 Å². The third-order valence-corrected chi connectivity index (χ3v) is 11.9. The molecule has 0 spiro atoms. The number of hydrogen-bond acceptors (Lipinski definition) is 11. The molecule has 6 N–H and O–H groups in total. The van der Waals surface area contributed by atoms with E-state index in [9.17, 15) is 14.4 Å². The number of rotatable bonds is 13. The summed E-state index contributed by atoms with van der Waals surface area (Å²) in [6, 6.07) is 20.7. The highest BCUT2D eigenvalue weighted by Gasteiger charge is 2.44. The number of carbonyl (C=O) groups is 3. The number of H-pyrrole nitrogens is 1. The van der Waals surface area contributed by atoms with Crippen molar-refractivity contribution in [3.63, 3.8) is 0 Å². The summed E-state index contributed by atoms with van der Waals surface area (Å²) < 4.78 is 5.28. The molecule has 3 aromatic heterocycles. The number of amides is 3. The minimum atomic E-state index is -0.383. The Kier molecular flexibility index (Phi) is 9.43. The molecule has 6 aromatic rings. The Balaban J connectivity index is 0.778. The number of aromatic amines is 1. The fourth-order valence-corrected chi connectivity index (χ4v) is 8.10. The van der Waals surface area contributed by atoms with Crippen LogP contribution in [-0.2, 0) is 15.0 Å². The van der Waals surface area contributed by atoms with Gasteiger partial charge >= 0.3 is 11.8 Å². The van der Waals surface area contributed by atoms with Gasteiger partial charge in [0.1, 0.15) is 18.0 Å². The third kappa shape index (κ3) is 7.44. The third-order valence-electron chi connectivity index (χ3n) is 11.9. The predicted molar refractivity (Wildman–Crippen MR) is 217 cm³/mol. The lowest BCUT2D eigenvalue weighted by atomic mass is 9.76. The van der Waals surface area contributed by atoms with Crippen molar-refractivity contribution in [2.24, 2.45) is 0 Å². The number of nitrogens with zero attached hydrogens (tertiary/aromatic N) is 4. The molecule has 292 valence electrons. The van der Waals surface area contributed by atoms with Crippen molar-refractivity contribution in [1.82, 2.24) is 41.0 Å². The van der Waals surface area contributed by atoms with Gasteiger partial charge in [0.2, 0.25) is 11.8 Å². The molecule has 3 fully saturated rings. The lowest BCUT2D eigenvalue weighted by Gasteiger charge is -2.36. The van der Waals surface area contributed by atoms with Crippen LogP contribution in [0.2, 0.25) is 0 Å². The van der Waals surface area contributed by atoms with Crippen molar-refractivity contribution in [3.05, 3.63) is 95.4 Å². The molecule has 3 amide bonds. The fraction of sp³-hybridized carbons (Fsp3) is 0.372. The van der Waals surface area contributed by atoms with E-state index in [-0.39, 0.29) is 41.1 Å². The molecule has 3 aromatic carbocycles. The number of carbonyl (C=O) groups excluding carboxylic acids is 3. The maximum absolute atomic E-state index is 12.9. The normalized spacial score (nSPS) is 20.5. The summed E-state index contributed by atoms with van der Waals surface area (Å²) in [5.74, 6) is 0.254. The molecule has 3 aliphatic rings. The SMILES string of the molecule is Cc1cc(-c2ncnc3[nH]c4cc(NCCNC5CC(c6ccc(NC7CCC(=O)NC7=O)cc6)C5)ccc4c23)ccc1[C@@H](C)NC(=O)c1nc(C2(C)CC2)no1. The van der Waals surface area contributed by atoms with Crippen LogP contribution < -0.4 is 26.6 Å². The van der Waals surface area contributed by atoms with Gasteiger partial charge in [-0.1, -0.05) is 42.4 Å². The summed E-state index contributed by atoms with van der Waals surface area (Å²) in [4.78, 5) is 53.6. The van der Waals surface area contributed by atoms with Crippen LogP contribution in [0, 0.1) is 6.92 Å². The number of aryl methyl sites for hydroxylation is 1. The van der Waals surface area contributed by atoms with Gasteiger partial charge in [-0.25, -0.2) is 9.97 Å². The van der Waals surface area contributed by atoms with Crippen molar-refractivity contribution in [3.8, 4) is 11.3 Å². The van der Waals surface area contributed by atoms with Gasteiger partial charge in [-0.15, -0.1) is 0 Å². The Bertz CT molecular complexity index is 2500. The standard InChI is InChI=1S/C43H46N10O4/c1-23-18-26(6-10-31(23)24(2)48-40(56)41-52-42(53-57-41)43(3)14-15-43)37-36-32-11-9-29(21-34(32)50-38(36)47-22-46-37)44-16-17-45-30-19-27(20-30)25-4-7-28(8-5-25)49-33-12-13-35(54)51-39(33)55/h4-11,18,21-22,24,27,30,33,44-45,49H,12-17,19-20H2,1-3H3,(H,48,56)(H,46,47,50)(H,51,54,55)/t24-,27?,30?,33?/m1/s1. The lowest BCUT2D eigenvalue weighted by molar-refractivity contribution is -0.133. The molecule has 1 aliphatic heterocycles. The summed E-state index contributed by atoms with van der Waals surface area (Å²) >= 11 is 0. The molecule has 0 bridgehead atoms. The van der Waals surface area contributed by atoms with Gasteiger partial charge in [-0.2, -0.15) is 4.98 Å². The zero-order valence-corrected chi connectivity index (χ0v) is 32.2. The number of imide groups is 1. The maximum atomic E-state index is 12.9. The summed E-state index contributed by atoms with van der Waals surface area (Å²) in [6.45, 7) is 7.70. The van der Waals surface area contributed by atoms with Gasteiger partial charge in [0.25, 0.3) is 0 Å². The Hall–Kier alpha value is -6.15. The number of fused-ring (bicyclic) bond motifs is 3. The van der Waals surface area contributed by atoms with E-state index < -0.39 is 0 Å². The Morgan fingerprint density at radius 3 is 2.58 bits per heavy atom. The first-order valence-corrected chi connectivity index (χ1v) is 19.8. The minimum absolute atomic E-state index is 0.0101. The number of piperidine rings is 1. The van der Waals surface area contributed by atoms with Crippen LogP contribution in [0.3, 0.4) is 0 Å². The second-order valence-electron chi connectivity index (χ2n) is 16.1. The molecule has 2 saturated carbocycles. The first-order chi connectivity index (χ1) is 27.6. The quantitative estimate of drug-likeness (QED) is 0.0582. The van der Waals surface area contributed by atoms with Gasteiger partial charge in [0.15, 0.2) is 5.82 Å². The van der Waals surface area contributed by atoms with Crippen molar-refractivity contribution in [2.45, 2.75) is 88.8 Å². The summed E-state index contributed by atoms with van der Waals surface area (Å²) in [7, 11) is 0. The number of benzene rings is 3. The number of anilines is 2. The van der Waals surface area contributed by atoms with Crippen molar-refractivity contribution in [1.29, 1.82) is 0 Å². The molecule has 4 heterocycles. The zero-order chi connectivity index (χ0) is 39.3. The largest absolute Gasteiger partial charge is 0.384 e. The second kappa shape index (κ2) is 14.7. The van der Waals surface area contributed by atoms with Crippen LogP contribution in [0.25, 0.3) is 33.2 Å². The topological polar surface area (TPSA) is 192 Å². The van der Waals surface area contributed by atoms with E-state index >= 15 is 0 Å². The Morgan fingerprint density at radius 2 is 1.81 bits per heavy atom. The fourth-order valence-electron chi connectivity index (χ4n) is 8.10. The average Bonchev–Trinajstić information content (AvgIpc) is 3.55. The minimum Gasteiger partial charge on any atom is -0.384 e. The van der Waals surface area contributed by atoms with Crippen LogP contribution >= 0.6 is 0 Å². The monoisotopic (exact) mass is 766 g/mol. The van der Waals surface area contributed by atoms with Gasteiger partial charge < -0.3 is 30.8 Å². The molecule has 1 unspecified atom stereocenters. The molecule has 57 heavy (non-hydrogen) atoms. The van der Waals surface area contributed by atoms with Gasteiger partial charge in [0, 0.05) is 58.8 Å². The van der Waals surface area contributed by atoms with E-state index in [2.05, 4.69) is 90.0 Å². The van der Waals surface area contributed by atoms with E-state index in [1.807, 2.05) is 38.1 Å². The van der Waals surface area contributed by atoms with Gasteiger partial charge in [-0.05, 0) is 98.9 Å². The first kappa shape index (κ1) is 36.5. The van der Waals surface area contributed by atoms with E-state index in [0.717, 1.165) is 94.5 Å².